The summed E-state index contributed by atoms with van der Waals surface area (Å²) in [6.45, 7) is 1.86. The fourth-order valence-corrected chi connectivity index (χ4v) is 0.871. The molecule has 0 atom stereocenters. The van der Waals surface area contributed by atoms with Crippen LogP contribution in [0.4, 0.5) is 0 Å². The highest BCUT2D eigenvalue weighted by atomic mass is 35.5. The molecule has 0 saturated heterocycles. The van der Waals surface area contributed by atoms with Crippen molar-refractivity contribution in [3.05, 3.63) is 42.0 Å². The van der Waals surface area contributed by atoms with Crippen LogP contribution in [-0.4, -0.2) is 5.78 Å². The predicted octanol–water partition coefficient (Wildman–Crippen LogP) is 3.10. The molecule has 1 nitrogen and oxygen atoms in total. The van der Waals surface area contributed by atoms with E-state index in [9.17, 15) is 4.79 Å². The number of halogens is 1. The van der Waals surface area contributed by atoms with E-state index in [4.69, 9.17) is 0 Å². The van der Waals surface area contributed by atoms with Crippen LogP contribution in [0.5, 0.6) is 0 Å². The van der Waals surface area contributed by atoms with Gasteiger partial charge in [-0.1, -0.05) is 43.3 Å². The van der Waals surface area contributed by atoms with Gasteiger partial charge in [-0.3, -0.25) is 4.79 Å². The Hall–Kier alpha value is -1.08. The third-order valence-corrected chi connectivity index (χ3v) is 1.61. The van der Waals surface area contributed by atoms with Crippen molar-refractivity contribution in [2.45, 2.75) is 13.3 Å². The summed E-state index contributed by atoms with van der Waals surface area (Å²) < 4.78 is 0. The van der Waals surface area contributed by atoms with Gasteiger partial charge in [-0.2, -0.15) is 0 Å². The summed E-state index contributed by atoms with van der Waals surface area (Å²) >= 11 is 0. The molecule has 0 spiro atoms. The van der Waals surface area contributed by atoms with Gasteiger partial charge in [0.1, 0.15) is 0 Å². The van der Waals surface area contributed by atoms with E-state index in [0.717, 1.165) is 5.56 Å². The monoisotopic (exact) mass is 196 g/mol. The Morgan fingerprint density at radius 2 is 1.92 bits per heavy atom. The molecule has 0 bridgehead atoms. The number of rotatable bonds is 3. The molecule has 0 amide bonds. The van der Waals surface area contributed by atoms with Crippen LogP contribution in [0.15, 0.2) is 36.4 Å². The number of carbonyl (C=O) groups is 1. The van der Waals surface area contributed by atoms with E-state index in [2.05, 4.69) is 0 Å². The van der Waals surface area contributed by atoms with E-state index >= 15 is 0 Å². The highest BCUT2D eigenvalue weighted by Crippen LogP contribution is 2.01. The first-order chi connectivity index (χ1) is 5.83. The first-order valence-electron chi connectivity index (χ1n) is 4.09. The highest BCUT2D eigenvalue weighted by molar-refractivity contribution is 5.93. The molecular weight excluding hydrogens is 184 g/mol. The third kappa shape index (κ3) is 4.48. The zero-order chi connectivity index (χ0) is 8.81. The van der Waals surface area contributed by atoms with Crippen molar-refractivity contribution in [1.82, 2.24) is 0 Å². The quantitative estimate of drug-likeness (QED) is 0.679. The minimum absolute atomic E-state index is 0. The number of hydrogen-bond acceptors (Lipinski definition) is 1. The molecule has 1 aromatic rings. The first kappa shape index (κ1) is 11.9. The van der Waals surface area contributed by atoms with Crippen LogP contribution in [0.3, 0.4) is 0 Å². The van der Waals surface area contributed by atoms with E-state index < -0.39 is 0 Å². The average molecular weight is 197 g/mol. The zero-order valence-electron chi connectivity index (χ0n) is 7.57. The lowest BCUT2D eigenvalue weighted by molar-refractivity contribution is -0.114. The van der Waals surface area contributed by atoms with Crippen molar-refractivity contribution >= 4 is 24.3 Å². The van der Waals surface area contributed by atoms with Gasteiger partial charge in [0.05, 0.1) is 0 Å². The number of hydrogen-bond donors (Lipinski definition) is 0. The summed E-state index contributed by atoms with van der Waals surface area (Å²) in [5.41, 5.74) is 1.07. The van der Waals surface area contributed by atoms with Crippen molar-refractivity contribution in [3.63, 3.8) is 0 Å². The van der Waals surface area contributed by atoms with Crippen molar-refractivity contribution in [2.75, 3.05) is 0 Å². The van der Waals surface area contributed by atoms with Crippen LogP contribution in [-0.2, 0) is 4.79 Å². The number of carbonyl (C=O) groups excluding carboxylic acids is 1. The van der Waals surface area contributed by atoms with Gasteiger partial charge in [0.2, 0.25) is 0 Å². The Bertz CT molecular complexity index is 277. The highest BCUT2D eigenvalue weighted by Gasteiger charge is 1.88. The average Bonchev–Trinajstić information content (AvgIpc) is 2.16. The lowest BCUT2D eigenvalue weighted by atomic mass is 10.2. The molecule has 70 valence electrons. The Morgan fingerprint density at radius 1 is 1.31 bits per heavy atom. The standard InChI is InChI=1S/C11H12O.ClH/c1-2-11(12)9-8-10-6-4-3-5-7-10;/h3-9H,2H2,1H3;1H. The molecule has 0 fully saturated rings. The van der Waals surface area contributed by atoms with E-state index in [-0.39, 0.29) is 18.2 Å². The maximum atomic E-state index is 10.9. The van der Waals surface area contributed by atoms with E-state index in [1.54, 1.807) is 6.08 Å². The summed E-state index contributed by atoms with van der Waals surface area (Å²) in [6.07, 6.45) is 4.03. The molecule has 0 N–H and O–H groups in total. The molecule has 1 rings (SSSR count). The normalized spacial score (nSPS) is 9.62. The molecule has 0 unspecified atom stereocenters. The Labute approximate surface area is 84.9 Å². The van der Waals surface area contributed by atoms with Crippen LogP contribution in [0.25, 0.3) is 6.08 Å². The van der Waals surface area contributed by atoms with Gasteiger partial charge in [-0.25, -0.2) is 0 Å². The Morgan fingerprint density at radius 3 is 2.46 bits per heavy atom. The van der Waals surface area contributed by atoms with Gasteiger partial charge >= 0.3 is 0 Å². The predicted molar refractivity (Wildman–Crippen MR) is 58.0 cm³/mol. The molecule has 0 aromatic heterocycles. The fourth-order valence-electron chi connectivity index (χ4n) is 0.871. The van der Waals surface area contributed by atoms with Gasteiger partial charge in [-0.05, 0) is 11.6 Å². The van der Waals surface area contributed by atoms with Crippen molar-refractivity contribution in [1.29, 1.82) is 0 Å². The summed E-state index contributed by atoms with van der Waals surface area (Å²) in [4.78, 5) is 10.9. The second-order valence-corrected chi connectivity index (χ2v) is 2.56. The summed E-state index contributed by atoms with van der Waals surface area (Å²) in [5.74, 6) is 0.166. The number of benzene rings is 1. The van der Waals surface area contributed by atoms with Crippen LogP contribution >= 0.6 is 12.4 Å². The molecule has 0 aliphatic rings. The summed E-state index contributed by atoms with van der Waals surface area (Å²) in [7, 11) is 0. The lowest BCUT2D eigenvalue weighted by Gasteiger charge is -1.89. The second kappa shape index (κ2) is 6.44. The van der Waals surface area contributed by atoms with Crippen LogP contribution in [0, 0.1) is 0 Å². The van der Waals surface area contributed by atoms with E-state index in [1.165, 1.54) is 0 Å². The topological polar surface area (TPSA) is 17.1 Å². The Balaban J connectivity index is 0.00000144. The van der Waals surface area contributed by atoms with Crippen LogP contribution in [0.2, 0.25) is 0 Å². The molecule has 0 radical (unpaired) electrons. The molecule has 0 heterocycles. The Kier molecular flexibility index (Phi) is 5.90. The van der Waals surface area contributed by atoms with Crippen molar-refractivity contribution < 1.29 is 4.79 Å². The third-order valence-electron chi connectivity index (χ3n) is 1.61. The van der Waals surface area contributed by atoms with Gasteiger partial charge < -0.3 is 0 Å². The summed E-state index contributed by atoms with van der Waals surface area (Å²) in [6, 6.07) is 9.81. The molecular formula is C11H13ClO. The van der Waals surface area contributed by atoms with Gasteiger partial charge in [-0.15, -0.1) is 12.4 Å². The van der Waals surface area contributed by atoms with Gasteiger partial charge in [0.15, 0.2) is 5.78 Å². The molecule has 0 aliphatic carbocycles. The van der Waals surface area contributed by atoms with Crippen molar-refractivity contribution in [2.24, 2.45) is 0 Å². The number of ketones is 1. The SMILES string of the molecule is CCC(=O)C=Cc1ccccc1.Cl. The molecule has 0 aliphatic heterocycles. The summed E-state index contributed by atoms with van der Waals surface area (Å²) in [5, 5.41) is 0. The maximum absolute atomic E-state index is 10.9. The molecule has 2 heteroatoms. The molecule has 13 heavy (non-hydrogen) atoms. The van der Waals surface area contributed by atoms with Crippen LogP contribution in [0.1, 0.15) is 18.9 Å². The molecule has 0 saturated carbocycles. The minimum atomic E-state index is 0. The second-order valence-electron chi connectivity index (χ2n) is 2.56. The zero-order valence-corrected chi connectivity index (χ0v) is 8.38. The minimum Gasteiger partial charge on any atom is -0.295 e. The fraction of sp³-hybridized carbons (Fsp3) is 0.182. The maximum Gasteiger partial charge on any atom is 0.155 e. The smallest absolute Gasteiger partial charge is 0.155 e. The first-order valence-corrected chi connectivity index (χ1v) is 4.09. The number of allylic oxidation sites excluding steroid dienone is 1. The van der Waals surface area contributed by atoms with Gasteiger partial charge in [0.25, 0.3) is 0 Å². The van der Waals surface area contributed by atoms with Crippen molar-refractivity contribution in [3.8, 4) is 0 Å². The van der Waals surface area contributed by atoms with E-state index in [1.807, 2.05) is 43.3 Å². The largest absolute Gasteiger partial charge is 0.295 e. The molecule has 1 aromatic carbocycles. The lowest BCUT2D eigenvalue weighted by Crippen LogP contribution is -1.86. The van der Waals surface area contributed by atoms with Gasteiger partial charge in [0, 0.05) is 6.42 Å². The van der Waals surface area contributed by atoms with Crippen LogP contribution < -0.4 is 0 Å². The van der Waals surface area contributed by atoms with E-state index in [0.29, 0.717) is 6.42 Å².